The number of hydrogen-bond donors (Lipinski definition) is 4. The van der Waals surface area contributed by atoms with Gasteiger partial charge in [0.2, 0.25) is 0 Å². The van der Waals surface area contributed by atoms with Crippen LogP contribution >= 0.6 is 12.2 Å². The van der Waals surface area contributed by atoms with Crippen molar-refractivity contribution in [3.63, 3.8) is 0 Å². The van der Waals surface area contributed by atoms with Gasteiger partial charge in [0.25, 0.3) is 17.5 Å². The highest BCUT2D eigenvalue weighted by atomic mass is 32.1. The highest BCUT2D eigenvalue weighted by molar-refractivity contribution is 7.80. The molecule has 0 aliphatic heterocycles. The van der Waals surface area contributed by atoms with Gasteiger partial charge in [-0.05, 0) is 72.9 Å². The Morgan fingerprint density at radius 2 is 1.27 bits per heavy atom. The van der Waals surface area contributed by atoms with Crippen LogP contribution in [0.4, 0.5) is 28.4 Å². The number of carbonyl (C=O) groups is 2. The van der Waals surface area contributed by atoms with Gasteiger partial charge in [0.1, 0.15) is 0 Å². The van der Waals surface area contributed by atoms with Crippen LogP contribution in [0.15, 0.2) is 103 Å². The van der Waals surface area contributed by atoms with E-state index in [-0.39, 0.29) is 22.3 Å². The minimum Gasteiger partial charge on any atom is -0.356 e. The Morgan fingerprint density at radius 1 is 0.676 bits per heavy atom. The molecule has 0 unspecified atom stereocenters. The zero-order chi connectivity index (χ0) is 26.2. The zero-order valence-electron chi connectivity index (χ0n) is 19.3. The molecule has 184 valence electrons. The van der Waals surface area contributed by atoms with Gasteiger partial charge in [-0.3, -0.25) is 25.0 Å². The van der Waals surface area contributed by atoms with Crippen molar-refractivity contribution in [1.82, 2.24) is 5.32 Å². The SMILES string of the molecule is O=C(NC(=S)Nc1ccccc1C(=O)Nc1ccc(Nc2ccccc2)cc1)c1ccc([N+](=O)[O-])cc1. The van der Waals surface area contributed by atoms with Crippen molar-refractivity contribution in [1.29, 1.82) is 0 Å². The number of para-hydroxylation sites is 2. The molecule has 4 N–H and O–H groups in total. The molecule has 37 heavy (non-hydrogen) atoms. The number of rotatable bonds is 7. The first-order chi connectivity index (χ1) is 17.9. The molecule has 9 nitrogen and oxygen atoms in total. The summed E-state index contributed by atoms with van der Waals surface area (Å²) in [7, 11) is 0. The number of nitrogens with zero attached hydrogens (tertiary/aromatic N) is 1. The summed E-state index contributed by atoms with van der Waals surface area (Å²) in [6, 6.07) is 28.9. The van der Waals surface area contributed by atoms with Gasteiger partial charge in [-0.1, -0.05) is 30.3 Å². The molecule has 4 rings (SSSR count). The number of benzene rings is 4. The number of nitro benzene ring substituents is 1. The molecule has 0 saturated carbocycles. The van der Waals surface area contributed by atoms with Crippen LogP contribution in [0.3, 0.4) is 0 Å². The number of nitrogens with one attached hydrogen (secondary N) is 4. The van der Waals surface area contributed by atoms with E-state index in [1.807, 2.05) is 42.5 Å². The fourth-order valence-electron chi connectivity index (χ4n) is 3.38. The quantitative estimate of drug-likeness (QED) is 0.142. The van der Waals surface area contributed by atoms with Crippen molar-refractivity contribution in [2.45, 2.75) is 0 Å². The van der Waals surface area contributed by atoms with E-state index < -0.39 is 10.8 Å². The summed E-state index contributed by atoms with van der Waals surface area (Å²) < 4.78 is 0. The van der Waals surface area contributed by atoms with Crippen molar-refractivity contribution < 1.29 is 14.5 Å². The van der Waals surface area contributed by atoms with Gasteiger partial charge < -0.3 is 16.0 Å². The molecule has 0 spiro atoms. The lowest BCUT2D eigenvalue weighted by molar-refractivity contribution is -0.384. The first kappa shape index (κ1) is 25.0. The number of amides is 2. The molecule has 0 radical (unpaired) electrons. The Kier molecular flexibility index (Phi) is 7.82. The fourth-order valence-corrected chi connectivity index (χ4v) is 3.58. The highest BCUT2D eigenvalue weighted by Crippen LogP contribution is 2.21. The van der Waals surface area contributed by atoms with E-state index in [2.05, 4.69) is 21.3 Å². The summed E-state index contributed by atoms with van der Waals surface area (Å²) in [5.41, 5.74) is 3.23. The molecule has 0 saturated heterocycles. The number of carbonyl (C=O) groups excluding carboxylic acids is 2. The number of non-ortho nitro benzene ring substituents is 1. The predicted molar refractivity (Wildman–Crippen MR) is 147 cm³/mol. The zero-order valence-corrected chi connectivity index (χ0v) is 20.1. The molecular formula is C27H21N5O4S. The third-order valence-electron chi connectivity index (χ3n) is 5.19. The minimum atomic E-state index is -0.550. The van der Waals surface area contributed by atoms with Crippen molar-refractivity contribution in [2.24, 2.45) is 0 Å². The van der Waals surface area contributed by atoms with Crippen molar-refractivity contribution in [3.05, 3.63) is 124 Å². The topological polar surface area (TPSA) is 125 Å². The molecule has 0 atom stereocenters. The monoisotopic (exact) mass is 511 g/mol. The van der Waals surface area contributed by atoms with E-state index in [9.17, 15) is 19.7 Å². The van der Waals surface area contributed by atoms with Crippen LogP contribution in [0.2, 0.25) is 0 Å². The predicted octanol–water partition coefficient (Wildman–Crippen LogP) is 5.72. The van der Waals surface area contributed by atoms with Crippen LogP contribution in [-0.2, 0) is 0 Å². The lowest BCUT2D eigenvalue weighted by atomic mass is 10.1. The summed E-state index contributed by atoms with van der Waals surface area (Å²) in [5.74, 6) is -0.908. The summed E-state index contributed by atoms with van der Waals surface area (Å²) in [6.45, 7) is 0. The smallest absolute Gasteiger partial charge is 0.269 e. The number of thiocarbonyl (C=S) groups is 1. The second-order valence-electron chi connectivity index (χ2n) is 7.78. The van der Waals surface area contributed by atoms with Crippen LogP contribution < -0.4 is 21.3 Å². The third-order valence-corrected chi connectivity index (χ3v) is 5.40. The average Bonchev–Trinajstić information content (AvgIpc) is 2.90. The first-order valence-corrected chi connectivity index (χ1v) is 11.5. The Balaban J connectivity index is 1.38. The molecule has 0 bridgehead atoms. The summed E-state index contributed by atoms with van der Waals surface area (Å²) >= 11 is 5.23. The Labute approximate surface area is 217 Å². The standard InChI is InChI=1S/C27H21N5O4S/c33-25(18-10-16-22(17-11-18)32(35)36)31-27(37)30-24-9-5-4-8-23(24)26(34)29-21-14-12-20(13-15-21)28-19-6-2-1-3-7-19/h1-17,28H,(H,29,34)(H2,30,31,33,37). The first-order valence-electron chi connectivity index (χ1n) is 11.1. The molecule has 4 aromatic carbocycles. The van der Waals surface area contributed by atoms with E-state index in [4.69, 9.17) is 12.2 Å². The van der Waals surface area contributed by atoms with Crippen molar-refractivity contribution >= 4 is 57.6 Å². The second-order valence-corrected chi connectivity index (χ2v) is 8.19. The van der Waals surface area contributed by atoms with E-state index in [0.29, 0.717) is 16.9 Å². The van der Waals surface area contributed by atoms with Gasteiger partial charge in [0, 0.05) is 34.8 Å². The van der Waals surface area contributed by atoms with Crippen molar-refractivity contribution in [2.75, 3.05) is 16.0 Å². The van der Waals surface area contributed by atoms with Gasteiger partial charge in [0.05, 0.1) is 16.2 Å². The fraction of sp³-hybridized carbons (Fsp3) is 0. The van der Waals surface area contributed by atoms with Gasteiger partial charge >= 0.3 is 0 Å². The molecule has 0 aromatic heterocycles. The molecule has 4 aromatic rings. The number of nitro groups is 1. The average molecular weight is 512 g/mol. The Bertz CT molecular complexity index is 1440. The van der Waals surface area contributed by atoms with E-state index in [1.54, 1.807) is 36.4 Å². The number of anilines is 4. The van der Waals surface area contributed by atoms with Crippen LogP contribution in [-0.4, -0.2) is 21.9 Å². The third kappa shape index (κ3) is 6.74. The minimum absolute atomic E-state index is 0.0278. The van der Waals surface area contributed by atoms with Crippen LogP contribution in [0.5, 0.6) is 0 Å². The van der Waals surface area contributed by atoms with Crippen LogP contribution in [0.1, 0.15) is 20.7 Å². The lowest BCUT2D eigenvalue weighted by Gasteiger charge is -2.14. The largest absolute Gasteiger partial charge is 0.356 e. The Hall–Kier alpha value is -5.09. The molecule has 0 aliphatic rings. The van der Waals surface area contributed by atoms with Gasteiger partial charge in [-0.15, -0.1) is 0 Å². The highest BCUT2D eigenvalue weighted by Gasteiger charge is 2.15. The van der Waals surface area contributed by atoms with E-state index in [0.717, 1.165) is 11.4 Å². The van der Waals surface area contributed by atoms with Crippen molar-refractivity contribution in [3.8, 4) is 0 Å². The molecular weight excluding hydrogens is 490 g/mol. The van der Waals surface area contributed by atoms with Gasteiger partial charge in [-0.25, -0.2) is 0 Å². The second kappa shape index (κ2) is 11.6. The maximum atomic E-state index is 13.0. The summed E-state index contributed by atoms with van der Waals surface area (Å²) in [5, 5.41) is 22.3. The number of hydrogen-bond acceptors (Lipinski definition) is 6. The molecule has 10 heteroatoms. The molecule has 0 heterocycles. The van der Waals surface area contributed by atoms with Gasteiger partial charge in [-0.2, -0.15) is 0 Å². The maximum absolute atomic E-state index is 13.0. The van der Waals surface area contributed by atoms with Crippen LogP contribution in [0, 0.1) is 10.1 Å². The van der Waals surface area contributed by atoms with Crippen LogP contribution in [0.25, 0.3) is 0 Å². The molecule has 0 fully saturated rings. The summed E-state index contributed by atoms with van der Waals surface area (Å²) in [6.07, 6.45) is 0. The lowest BCUT2D eigenvalue weighted by Crippen LogP contribution is -2.34. The van der Waals surface area contributed by atoms with Gasteiger partial charge in [0.15, 0.2) is 5.11 Å². The van der Waals surface area contributed by atoms with E-state index in [1.165, 1.54) is 24.3 Å². The molecule has 2 amide bonds. The normalized spacial score (nSPS) is 10.2. The Morgan fingerprint density at radius 3 is 1.95 bits per heavy atom. The molecule has 0 aliphatic carbocycles. The van der Waals surface area contributed by atoms with E-state index >= 15 is 0 Å². The summed E-state index contributed by atoms with van der Waals surface area (Å²) in [4.78, 5) is 35.6. The maximum Gasteiger partial charge on any atom is 0.269 e.